The first-order valence-corrected chi connectivity index (χ1v) is 29.2. The molecule has 4 unspecified atom stereocenters. The summed E-state index contributed by atoms with van der Waals surface area (Å²) in [5.74, 6) is -0.203. The molecule has 6 aliphatic rings. The predicted molar refractivity (Wildman–Crippen MR) is 329 cm³/mol. The van der Waals surface area contributed by atoms with Crippen LogP contribution in [-0.2, 0) is 21.7 Å². The van der Waals surface area contributed by atoms with Crippen molar-refractivity contribution in [3.63, 3.8) is 0 Å². The maximum atomic E-state index is 14.8. The van der Waals surface area contributed by atoms with E-state index < -0.39 is 0 Å². The molecule has 0 bridgehead atoms. The highest BCUT2D eigenvalue weighted by Crippen LogP contribution is 2.64. The molecule has 8 aromatic rings. The zero-order valence-corrected chi connectivity index (χ0v) is 47.6. The van der Waals surface area contributed by atoms with Crippen LogP contribution in [0, 0.1) is 5.82 Å². The largest absolute Gasteiger partial charge is 0.334 e. The quantitative estimate of drug-likeness (QED) is 0.159. The van der Waals surface area contributed by atoms with E-state index in [0.29, 0.717) is 0 Å². The van der Waals surface area contributed by atoms with E-state index in [2.05, 4.69) is 234 Å². The Morgan fingerprint density at radius 2 is 0.910 bits per heavy atom. The van der Waals surface area contributed by atoms with E-state index in [1.54, 1.807) is 12.1 Å². The van der Waals surface area contributed by atoms with E-state index in [0.717, 1.165) is 48.2 Å². The fourth-order valence-corrected chi connectivity index (χ4v) is 16.0. The van der Waals surface area contributed by atoms with Gasteiger partial charge in [0.2, 0.25) is 0 Å². The lowest BCUT2D eigenvalue weighted by Gasteiger charge is -2.51. The van der Waals surface area contributed by atoms with Crippen molar-refractivity contribution >= 4 is 80.0 Å². The number of benzene rings is 8. The van der Waals surface area contributed by atoms with Gasteiger partial charge >= 0.3 is 0 Å². The molecule has 0 radical (unpaired) electrons. The average molecular weight is 1030 g/mol. The van der Waals surface area contributed by atoms with Gasteiger partial charge in [0.05, 0.1) is 11.1 Å². The second kappa shape index (κ2) is 17.0. The minimum atomic E-state index is -0.203. The second-order valence-electron chi connectivity index (χ2n) is 27.0. The summed E-state index contributed by atoms with van der Waals surface area (Å²) in [6, 6.07) is 64.0. The van der Waals surface area contributed by atoms with Crippen LogP contribution in [0.1, 0.15) is 143 Å². The third kappa shape index (κ3) is 6.89. The predicted octanol–water partition coefficient (Wildman–Crippen LogP) is 17.7. The lowest BCUT2D eigenvalue weighted by atomic mass is 9.33. The smallest absolute Gasteiger partial charge is 0.252 e. The minimum Gasteiger partial charge on any atom is -0.334 e. The van der Waals surface area contributed by atoms with Gasteiger partial charge in [-0.1, -0.05) is 166 Å². The number of rotatable bonds is 5. The summed E-state index contributed by atoms with van der Waals surface area (Å²) in [4.78, 5) is 10.7. The minimum absolute atomic E-state index is 0.00651. The van der Waals surface area contributed by atoms with Gasteiger partial charge in [-0.25, -0.2) is 4.39 Å². The molecule has 2 fully saturated rings. The summed E-state index contributed by atoms with van der Waals surface area (Å²) in [5.41, 5.74) is 23.3. The zero-order chi connectivity index (χ0) is 53.9. The summed E-state index contributed by atoms with van der Waals surface area (Å²) in [6.07, 6.45) is 9.26. The Morgan fingerprint density at radius 3 is 1.56 bits per heavy atom. The number of nitrogens with zero attached hydrogens (tertiary/aromatic N) is 4. The maximum Gasteiger partial charge on any atom is 0.252 e. The van der Waals surface area contributed by atoms with Gasteiger partial charge < -0.3 is 19.6 Å². The molecule has 8 aromatic carbocycles. The summed E-state index contributed by atoms with van der Waals surface area (Å²) in [6.45, 7) is 24.2. The molecule has 0 N–H and O–H groups in total. The van der Waals surface area contributed by atoms with Crippen LogP contribution in [0.5, 0.6) is 0 Å². The topological polar surface area (TPSA) is 13.0 Å². The van der Waals surface area contributed by atoms with Crippen molar-refractivity contribution in [1.29, 1.82) is 0 Å². The molecule has 4 nitrogen and oxygen atoms in total. The molecule has 14 rings (SSSR count). The summed E-state index contributed by atoms with van der Waals surface area (Å²) >= 11 is 0. The molecule has 0 saturated heterocycles. The van der Waals surface area contributed by atoms with Gasteiger partial charge in [-0.3, -0.25) is 0 Å². The Labute approximate surface area is 464 Å². The Kier molecular flexibility index (Phi) is 10.7. The van der Waals surface area contributed by atoms with Crippen LogP contribution in [0.25, 0.3) is 11.1 Å². The van der Waals surface area contributed by atoms with E-state index >= 15 is 0 Å². The maximum absolute atomic E-state index is 14.8. The number of fused-ring (bicyclic) bond motifs is 10. The molecule has 6 heteroatoms. The zero-order valence-electron chi connectivity index (χ0n) is 47.6. The van der Waals surface area contributed by atoms with E-state index in [-0.39, 0.29) is 45.3 Å². The van der Waals surface area contributed by atoms with E-state index in [1.165, 1.54) is 110 Å². The molecule has 4 heterocycles. The number of hydrogen-bond donors (Lipinski definition) is 0. The number of para-hydroxylation sites is 2. The number of halogens is 1. The third-order valence-corrected chi connectivity index (χ3v) is 20.7. The van der Waals surface area contributed by atoms with Gasteiger partial charge in [-0.05, 0) is 185 Å². The van der Waals surface area contributed by atoms with Crippen molar-refractivity contribution in [2.24, 2.45) is 0 Å². The van der Waals surface area contributed by atoms with Gasteiger partial charge in [-0.2, -0.15) is 0 Å². The Balaban J connectivity index is 1.05. The molecular weight excluding hydrogens is 951 g/mol. The van der Waals surface area contributed by atoms with E-state index in [4.69, 9.17) is 0 Å². The molecule has 392 valence electrons. The monoisotopic (exact) mass is 1020 g/mol. The Hall–Kier alpha value is -7.05. The average Bonchev–Trinajstić information content (AvgIpc) is 4.01. The van der Waals surface area contributed by atoms with E-state index in [1.807, 2.05) is 12.1 Å². The highest BCUT2D eigenvalue weighted by Gasteiger charge is 2.60. The normalized spacial score (nSPS) is 23.8. The van der Waals surface area contributed by atoms with E-state index in [9.17, 15) is 4.39 Å². The first-order valence-electron chi connectivity index (χ1n) is 29.2. The second-order valence-corrected chi connectivity index (χ2v) is 27.0. The highest BCUT2D eigenvalue weighted by molar-refractivity contribution is 7.00. The van der Waals surface area contributed by atoms with Crippen LogP contribution in [0.4, 0.5) is 61.3 Å². The summed E-state index contributed by atoms with van der Waals surface area (Å²) in [7, 11) is 0. The molecule has 0 amide bonds. The number of anilines is 10. The molecule has 4 aliphatic heterocycles. The molecular formula is C72H74BFN4. The van der Waals surface area contributed by atoms with Crippen molar-refractivity contribution in [2.45, 2.75) is 153 Å². The summed E-state index contributed by atoms with van der Waals surface area (Å²) < 4.78 is 14.8. The molecule has 2 saturated carbocycles. The third-order valence-electron chi connectivity index (χ3n) is 20.7. The molecule has 78 heavy (non-hydrogen) atoms. The van der Waals surface area contributed by atoms with Crippen LogP contribution in [0.15, 0.2) is 170 Å². The molecule has 4 atom stereocenters. The van der Waals surface area contributed by atoms with Crippen LogP contribution in [-0.4, -0.2) is 17.8 Å². The van der Waals surface area contributed by atoms with Gasteiger partial charge in [-0.15, -0.1) is 0 Å². The van der Waals surface area contributed by atoms with Crippen molar-refractivity contribution in [2.75, 3.05) is 19.6 Å². The lowest BCUT2D eigenvalue weighted by molar-refractivity contribution is 0.195. The van der Waals surface area contributed by atoms with Crippen molar-refractivity contribution in [3.05, 3.63) is 198 Å². The van der Waals surface area contributed by atoms with Gasteiger partial charge in [0.1, 0.15) is 5.82 Å². The highest BCUT2D eigenvalue weighted by atomic mass is 19.1. The van der Waals surface area contributed by atoms with Crippen molar-refractivity contribution < 1.29 is 4.39 Å². The standard InChI is InChI=1S/C72H74BFN4/c1-67(2,3)49-28-31-53(32-29-49)76-63-44-54(77-60-35-27-48(47-21-20-22-51(74)41-47)42-56(60)69(7)37-16-18-39-71(69,77)9)33-34-59(63)73-58-25-14-15-26-62(58)75(52-23-12-11-13-24-52)64-45-55(46-65(76)66(64)73)78-61-36-30-50(68(4,5)6)43-57(61)70(8)38-17-19-40-72(70,78)10/h11-15,20-36,41-46H,16-19,37-40H2,1-10H3. The Bertz CT molecular complexity index is 3740. The van der Waals surface area contributed by atoms with Crippen LogP contribution < -0.4 is 36.0 Å². The molecule has 0 aromatic heterocycles. The first kappa shape index (κ1) is 49.3. The van der Waals surface area contributed by atoms with Gasteiger partial charge in [0.15, 0.2) is 0 Å². The Morgan fingerprint density at radius 1 is 0.397 bits per heavy atom. The fraction of sp³-hybridized carbons (Fsp3) is 0.333. The van der Waals surface area contributed by atoms with Gasteiger partial charge in [0, 0.05) is 67.7 Å². The van der Waals surface area contributed by atoms with Crippen LogP contribution in [0.3, 0.4) is 0 Å². The number of hydrogen-bond acceptors (Lipinski definition) is 4. The van der Waals surface area contributed by atoms with Gasteiger partial charge in [0.25, 0.3) is 6.71 Å². The summed E-state index contributed by atoms with van der Waals surface area (Å²) in [5, 5.41) is 0. The lowest BCUT2D eigenvalue weighted by Crippen LogP contribution is -2.61. The fourth-order valence-electron chi connectivity index (χ4n) is 16.0. The molecule has 0 spiro atoms. The van der Waals surface area contributed by atoms with Crippen molar-refractivity contribution in [3.8, 4) is 11.1 Å². The SMILES string of the molecule is CC(C)(C)c1ccc(N2c3cc(N4c5ccc(-c6cccc(F)c6)cc5C5(C)CCCCC45C)ccc3B3c4ccccc4N(c4ccccc4)c4cc(N5c6ccc(C(C)(C)C)cc6C6(C)CCCCC56C)cc2c43)cc1. The first-order chi connectivity index (χ1) is 37.3. The molecule has 2 aliphatic carbocycles. The van der Waals surface area contributed by atoms with Crippen molar-refractivity contribution in [1.82, 2.24) is 0 Å². The van der Waals surface area contributed by atoms with Crippen LogP contribution >= 0.6 is 0 Å². The van der Waals surface area contributed by atoms with Crippen LogP contribution in [0.2, 0.25) is 0 Å².